The monoisotopic (exact) mass is 249 g/mol. The fourth-order valence-electron chi connectivity index (χ4n) is 1.84. The number of sulfonamides is 1. The topological polar surface area (TPSA) is 83.5 Å². The molecule has 0 saturated heterocycles. The molecule has 0 aliphatic heterocycles. The van der Waals surface area contributed by atoms with Gasteiger partial charge in [0.15, 0.2) is 5.25 Å². The lowest BCUT2D eigenvalue weighted by atomic mass is 9.67. The summed E-state index contributed by atoms with van der Waals surface area (Å²) in [5.41, 5.74) is 0.0608. The normalized spacial score (nSPS) is 21.1. The van der Waals surface area contributed by atoms with Crippen molar-refractivity contribution in [3.63, 3.8) is 0 Å². The number of hydrogen-bond donors (Lipinski definition) is 2. The van der Waals surface area contributed by atoms with Gasteiger partial charge in [-0.1, -0.05) is 13.3 Å². The molecule has 0 amide bonds. The Morgan fingerprint density at radius 3 is 2.38 bits per heavy atom. The summed E-state index contributed by atoms with van der Waals surface area (Å²) in [7, 11) is -3.73. The average molecular weight is 249 g/mol. The molecule has 94 valence electrons. The van der Waals surface area contributed by atoms with Gasteiger partial charge in [0.05, 0.1) is 0 Å². The van der Waals surface area contributed by atoms with Crippen molar-refractivity contribution in [2.24, 2.45) is 5.41 Å². The molecule has 0 heterocycles. The molecule has 0 radical (unpaired) electrons. The molecule has 0 bridgehead atoms. The Labute approximate surface area is 96.3 Å². The second kappa shape index (κ2) is 4.71. The zero-order valence-electron chi connectivity index (χ0n) is 9.69. The number of rotatable bonds is 6. The molecule has 1 atom stereocenters. The first-order valence-corrected chi connectivity index (χ1v) is 7.09. The second-order valence-corrected chi connectivity index (χ2v) is 6.64. The quantitative estimate of drug-likeness (QED) is 0.734. The Kier molecular flexibility index (Phi) is 3.96. The maximum Gasteiger partial charge on any atom is 0.323 e. The van der Waals surface area contributed by atoms with Gasteiger partial charge in [0.2, 0.25) is 10.0 Å². The van der Waals surface area contributed by atoms with Gasteiger partial charge in [-0.25, -0.2) is 13.1 Å². The summed E-state index contributed by atoms with van der Waals surface area (Å²) in [5, 5.41) is 7.27. The minimum atomic E-state index is -3.73. The van der Waals surface area contributed by atoms with Crippen molar-refractivity contribution in [3.05, 3.63) is 0 Å². The first-order chi connectivity index (χ1) is 7.33. The van der Waals surface area contributed by atoms with Crippen molar-refractivity contribution >= 4 is 16.0 Å². The number of aliphatic carboxylic acids is 1. The molecule has 0 spiro atoms. The smallest absolute Gasteiger partial charge is 0.323 e. The lowest BCUT2D eigenvalue weighted by Crippen LogP contribution is -2.45. The molecule has 1 aliphatic carbocycles. The van der Waals surface area contributed by atoms with Crippen LogP contribution in [-0.4, -0.2) is 31.3 Å². The summed E-state index contributed by atoms with van der Waals surface area (Å²) >= 11 is 0. The van der Waals surface area contributed by atoms with Crippen LogP contribution in [0.3, 0.4) is 0 Å². The van der Waals surface area contributed by atoms with E-state index in [1.54, 1.807) is 0 Å². The van der Waals surface area contributed by atoms with E-state index in [1.165, 1.54) is 6.92 Å². The Morgan fingerprint density at radius 2 is 2.06 bits per heavy atom. The van der Waals surface area contributed by atoms with Gasteiger partial charge in [0, 0.05) is 6.54 Å². The van der Waals surface area contributed by atoms with E-state index in [2.05, 4.69) is 4.72 Å². The number of nitrogens with one attached hydrogen (secondary N) is 1. The molecular weight excluding hydrogens is 230 g/mol. The first kappa shape index (κ1) is 13.4. The Hall–Kier alpha value is -0.620. The number of hydrogen-bond acceptors (Lipinski definition) is 3. The Bertz CT molecular complexity index is 354. The number of carboxylic acid groups (broad SMARTS) is 1. The van der Waals surface area contributed by atoms with Gasteiger partial charge in [0.1, 0.15) is 0 Å². The molecule has 1 aliphatic rings. The third-order valence-electron chi connectivity index (χ3n) is 3.63. The van der Waals surface area contributed by atoms with Crippen molar-refractivity contribution in [2.75, 3.05) is 6.54 Å². The van der Waals surface area contributed by atoms with Crippen LogP contribution in [0.25, 0.3) is 0 Å². The van der Waals surface area contributed by atoms with E-state index in [0.717, 1.165) is 25.7 Å². The Balaban J connectivity index is 2.57. The number of carboxylic acids is 1. The van der Waals surface area contributed by atoms with E-state index in [-0.39, 0.29) is 5.41 Å². The van der Waals surface area contributed by atoms with Crippen LogP contribution in [0.5, 0.6) is 0 Å². The van der Waals surface area contributed by atoms with E-state index in [1.807, 2.05) is 6.92 Å². The molecule has 6 heteroatoms. The van der Waals surface area contributed by atoms with Crippen LogP contribution in [0.4, 0.5) is 0 Å². The Morgan fingerprint density at radius 1 is 1.50 bits per heavy atom. The van der Waals surface area contributed by atoms with Crippen LogP contribution in [0, 0.1) is 5.41 Å². The fourth-order valence-corrected chi connectivity index (χ4v) is 2.87. The fraction of sp³-hybridized carbons (Fsp3) is 0.900. The molecule has 0 aromatic rings. The highest BCUT2D eigenvalue weighted by atomic mass is 32.2. The highest BCUT2D eigenvalue weighted by molar-refractivity contribution is 7.90. The van der Waals surface area contributed by atoms with Gasteiger partial charge in [-0.3, -0.25) is 4.79 Å². The van der Waals surface area contributed by atoms with Crippen molar-refractivity contribution in [3.8, 4) is 0 Å². The van der Waals surface area contributed by atoms with E-state index >= 15 is 0 Å². The molecule has 1 unspecified atom stereocenters. The minimum Gasteiger partial charge on any atom is -0.480 e. The van der Waals surface area contributed by atoms with Crippen molar-refractivity contribution < 1.29 is 18.3 Å². The third kappa shape index (κ3) is 2.74. The standard InChI is InChI=1S/C10H19NO4S/c1-3-10(5-4-6-10)7-11-16(14,15)8(2)9(12)13/h8,11H,3-7H2,1-2H3,(H,12,13). The molecule has 1 fully saturated rings. The maximum absolute atomic E-state index is 11.6. The summed E-state index contributed by atoms with van der Waals surface area (Å²) in [6.07, 6.45) is 4.10. The van der Waals surface area contributed by atoms with Gasteiger partial charge in [0.25, 0.3) is 0 Å². The molecular formula is C10H19NO4S. The van der Waals surface area contributed by atoms with Crippen LogP contribution in [-0.2, 0) is 14.8 Å². The summed E-state index contributed by atoms with van der Waals surface area (Å²) in [5.74, 6) is -1.31. The van der Waals surface area contributed by atoms with E-state index in [9.17, 15) is 13.2 Å². The van der Waals surface area contributed by atoms with Crippen LogP contribution in [0.1, 0.15) is 39.5 Å². The average Bonchev–Trinajstić information content (AvgIpc) is 2.15. The molecule has 0 aromatic carbocycles. The molecule has 1 rings (SSSR count). The van der Waals surface area contributed by atoms with Crippen molar-refractivity contribution in [2.45, 2.75) is 44.8 Å². The molecule has 5 nitrogen and oxygen atoms in total. The SMILES string of the molecule is CCC1(CNS(=O)(=O)C(C)C(=O)O)CCC1. The van der Waals surface area contributed by atoms with Gasteiger partial charge in [-0.2, -0.15) is 0 Å². The van der Waals surface area contributed by atoms with Crippen LogP contribution in [0.15, 0.2) is 0 Å². The van der Waals surface area contributed by atoms with Crippen LogP contribution >= 0.6 is 0 Å². The zero-order valence-corrected chi connectivity index (χ0v) is 10.5. The lowest BCUT2D eigenvalue weighted by molar-refractivity contribution is -0.136. The zero-order chi connectivity index (χ0) is 12.4. The number of carbonyl (C=O) groups is 1. The van der Waals surface area contributed by atoms with E-state index in [4.69, 9.17) is 5.11 Å². The van der Waals surface area contributed by atoms with Gasteiger partial charge in [-0.15, -0.1) is 0 Å². The largest absolute Gasteiger partial charge is 0.480 e. The van der Waals surface area contributed by atoms with Gasteiger partial charge >= 0.3 is 5.97 Å². The van der Waals surface area contributed by atoms with E-state index in [0.29, 0.717) is 6.54 Å². The molecule has 16 heavy (non-hydrogen) atoms. The summed E-state index contributed by atoms with van der Waals surface area (Å²) in [4.78, 5) is 10.6. The lowest BCUT2D eigenvalue weighted by Gasteiger charge is -2.41. The van der Waals surface area contributed by atoms with Crippen molar-refractivity contribution in [1.82, 2.24) is 4.72 Å². The highest BCUT2D eigenvalue weighted by Crippen LogP contribution is 2.43. The summed E-state index contributed by atoms with van der Waals surface area (Å²) in [6.45, 7) is 3.58. The predicted octanol–water partition coefficient (Wildman–Crippen LogP) is 0.959. The predicted molar refractivity (Wildman–Crippen MR) is 60.6 cm³/mol. The second-order valence-electron chi connectivity index (χ2n) is 4.55. The van der Waals surface area contributed by atoms with E-state index < -0.39 is 21.2 Å². The van der Waals surface area contributed by atoms with Gasteiger partial charge in [-0.05, 0) is 31.6 Å². The minimum absolute atomic E-state index is 0.0608. The van der Waals surface area contributed by atoms with Gasteiger partial charge < -0.3 is 5.11 Å². The summed E-state index contributed by atoms with van der Waals surface area (Å²) in [6, 6.07) is 0. The molecule has 0 aromatic heterocycles. The van der Waals surface area contributed by atoms with Crippen LogP contribution in [0.2, 0.25) is 0 Å². The molecule has 2 N–H and O–H groups in total. The van der Waals surface area contributed by atoms with Crippen LogP contribution < -0.4 is 4.72 Å². The highest BCUT2D eigenvalue weighted by Gasteiger charge is 2.37. The first-order valence-electron chi connectivity index (χ1n) is 5.54. The van der Waals surface area contributed by atoms with Crippen molar-refractivity contribution in [1.29, 1.82) is 0 Å². The maximum atomic E-state index is 11.6. The molecule has 1 saturated carbocycles. The summed E-state index contributed by atoms with van der Waals surface area (Å²) < 4.78 is 25.6. The third-order valence-corrected chi connectivity index (χ3v) is 5.31.